The molecule has 8 heteroatoms. The van der Waals surface area contributed by atoms with Crippen LogP contribution in [0.5, 0.6) is 0 Å². The van der Waals surface area contributed by atoms with Gasteiger partial charge in [0.25, 0.3) is 0 Å². The van der Waals surface area contributed by atoms with E-state index < -0.39 is 27.9 Å². The van der Waals surface area contributed by atoms with Gasteiger partial charge in [0.15, 0.2) is 0 Å². The van der Waals surface area contributed by atoms with Crippen molar-refractivity contribution in [1.29, 1.82) is 0 Å². The molecular weight excluding hydrogens is 732 g/mol. The topological polar surface area (TPSA) is 29.4 Å². The van der Waals surface area contributed by atoms with Crippen LogP contribution >= 0.6 is 44.9 Å². The van der Waals surface area contributed by atoms with E-state index in [4.69, 9.17) is 29.1 Å². The summed E-state index contributed by atoms with van der Waals surface area (Å²) in [4.78, 5) is 9.26. The Morgan fingerprint density at radius 2 is 0.477 bits per heavy atom. The van der Waals surface area contributed by atoms with Crippen LogP contribution in [0.1, 0.15) is 0 Å². The second kappa shape index (κ2) is 18.3. The van der Waals surface area contributed by atoms with Gasteiger partial charge in [-0.05, 0) is 47.7 Å². The maximum atomic E-state index is 9.26. The van der Waals surface area contributed by atoms with Crippen molar-refractivity contribution in [2.75, 3.05) is 0 Å². The van der Waals surface area contributed by atoms with Crippen molar-refractivity contribution >= 4 is 76.7 Å². The first-order valence-corrected chi connectivity index (χ1v) is 23.7. The molecule has 0 radical (unpaired) electrons. The Labute approximate surface area is 277 Å². The summed E-state index contributed by atoms with van der Waals surface area (Å²) in [6.07, 6.45) is 0. The number of hydrogen-bond donors (Lipinski definition) is 0. The second-order valence-corrected chi connectivity index (χ2v) is 24.8. The number of rotatable bonds is 7. The first kappa shape index (κ1) is 34.2. The molecule has 0 saturated heterocycles. The third-order valence-electron chi connectivity index (χ3n) is 6.16. The number of nitroso groups, excluding NO2 is 1. The van der Waals surface area contributed by atoms with Gasteiger partial charge in [-0.1, -0.05) is 182 Å². The fraction of sp³-hybridized carbons (Fsp3) is 0. The van der Waals surface area contributed by atoms with E-state index in [1.807, 2.05) is 0 Å². The quantitative estimate of drug-likeness (QED) is 0.0907. The molecular formula is C36H30Cl3NOP2Ru. The molecule has 0 unspecified atom stereocenters. The summed E-state index contributed by atoms with van der Waals surface area (Å²) in [6, 6.07) is 64.7. The van der Waals surface area contributed by atoms with Gasteiger partial charge < -0.3 is 0 Å². The van der Waals surface area contributed by atoms with Crippen molar-refractivity contribution in [3.8, 4) is 0 Å². The summed E-state index contributed by atoms with van der Waals surface area (Å²) in [5, 5.41) is 8.39. The van der Waals surface area contributed by atoms with Crippen LogP contribution in [0.4, 0.5) is 0 Å². The van der Waals surface area contributed by atoms with Gasteiger partial charge in [-0.25, -0.2) is 0 Å². The Hall–Kier alpha value is -2.73. The Bertz CT molecular complexity index is 1340. The van der Waals surface area contributed by atoms with Crippen molar-refractivity contribution in [2.45, 2.75) is 0 Å². The van der Waals surface area contributed by atoms with E-state index in [0.717, 1.165) is 0 Å². The monoisotopic (exact) mass is 761 g/mol. The Morgan fingerprint density at radius 3 is 0.591 bits per heavy atom. The van der Waals surface area contributed by atoms with Gasteiger partial charge in [-0.15, -0.1) is 0 Å². The largest absolute Gasteiger partial charge is 0.0622 e. The van der Waals surface area contributed by atoms with Crippen molar-refractivity contribution in [1.82, 2.24) is 0 Å². The van der Waals surface area contributed by atoms with Gasteiger partial charge in [0, 0.05) is 0 Å². The van der Waals surface area contributed by atoms with Gasteiger partial charge in [0.2, 0.25) is 0 Å². The molecule has 224 valence electrons. The second-order valence-electron chi connectivity index (χ2n) is 9.08. The van der Waals surface area contributed by atoms with Gasteiger partial charge in [0.1, 0.15) is 0 Å². The van der Waals surface area contributed by atoms with Crippen LogP contribution in [0.2, 0.25) is 0 Å². The first-order chi connectivity index (χ1) is 21.5. The maximum Gasteiger partial charge on any atom is -0.0134 e. The number of hydrogen-bond acceptors (Lipinski definition) is 2. The van der Waals surface area contributed by atoms with Crippen LogP contribution in [-0.2, 0) is 12.0 Å². The molecule has 6 rings (SSSR count). The van der Waals surface area contributed by atoms with Crippen LogP contribution in [-0.4, -0.2) is 0 Å². The zero-order valence-electron chi connectivity index (χ0n) is 23.6. The molecule has 0 aliphatic carbocycles. The average Bonchev–Trinajstić information content (AvgIpc) is 3.08. The normalized spacial score (nSPS) is 11.0. The predicted molar refractivity (Wildman–Crippen MR) is 194 cm³/mol. The molecule has 0 amide bonds. The minimum atomic E-state index is -3.41. The summed E-state index contributed by atoms with van der Waals surface area (Å²) < 4.78 is 2.24. The number of benzene rings is 6. The van der Waals surface area contributed by atoms with E-state index in [1.165, 1.54) is 31.8 Å². The third kappa shape index (κ3) is 11.0. The summed E-state index contributed by atoms with van der Waals surface area (Å²) >= 11 is -3.41. The minimum absolute atomic E-state index is 0.446. The van der Waals surface area contributed by atoms with E-state index in [2.05, 4.69) is 186 Å². The molecule has 0 aromatic heterocycles. The average molecular weight is 762 g/mol. The van der Waals surface area contributed by atoms with Crippen molar-refractivity contribution < 1.29 is 12.0 Å². The van der Waals surface area contributed by atoms with Crippen LogP contribution in [0.25, 0.3) is 0 Å². The molecule has 2 nitrogen and oxygen atoms in total. The summed E-state index contributed by atoms with van der Waals surface area (Å²) in [6.45, 7) is 0. The predicted octanol–water partition coefficient (Wildman–Crippen LogP) is 9.17. The Kier molecular flexibility index (Phi) is 14.2. The summed E-state index contributed by atoms with van der Waals surface area (Å²) in [5.41, 5.74) is 0. The molecule has 0 aliphatic heterocycles. The van der Waals surface area contributed by atoms with Crippen LogP contribution in [0.15, 0.2) is 186 Å². The first-order valence-electron chi connectivity index (χ1n) is 13.5. The Balaban J connectivity index is 0.000000170. The molecule has 44 heavy (non-hydrogen) atoms. The maximum absolute atomic E-state index is 9.26. The Morgan fingerprint density at radius 1 is 0.341 bits per heavy atom. The van der Waals surface area contributed by atoms with E-state index in [0.29, 0.717) is 0 Å². The molecule has 6 aromatic rings. The molecule has 0 bridgehead atoms. The van der Waals surface area contributed by atoms with Gasteiger partial charge in [-0.2, -0.15) is 0 Å². The molecule has 0 saturated carbocycles. The van der Waals surface area contributed by atoms with Crippen molar-refractivity contribution in [3.05, 3.63) is 187 Å². The van der Waals surface area contributed by atoms with Crippen LogP contribution in [0.3, 0.4) is 0 Å². The van der Waals surface area contributed by atoms with Gasteiger partial charge in [-0.3, -0.25) is 0 Å². The SMILES string of the molecule is O=[N][Ru]([Cl])([Cl])[Cl].c1ccc(P(c2ccccc2)c2ccccc2)cc1.c1ccc(P(c2ccccc2)c2ccccc2)cc1. The molecule has 6 aromatic carbocycles. The fourth-order valence-corrected chi connectivity index (χ4v) is 8.97. The molecule has 0 atom stereocenters. The van der Waals surface area contributed by atoms with E-state index in [-0.39, 0.29) is 0 Å². The van der Waals surface area contributed by atoms with E-state index in [9.17, 15) is 4.91 Å². The van der Waals surface area contributed by atoms with Crippen molar-refractivity contribution in [3.63, 3.8) is 0 Å². The number of halogens is 3. The molecule has 0 N–H and O–H groups in total. The zero-order valence-corrected chi connectivity index (χ0v) is 29.4. The fourth-order valence-electron chi connectivity index (χ4n) is 4.36. The molecule has 0 fully saturated rings. The standard InChI is InChI=1S/2C18H15P.3ClH.NO.Ru/c2*1-4-10-16(11-5-1)19(17-12-6-2-7-13-17)18-14-8-3-9-15-18;;;;1-2;/h2*1-15H;3*1H;;/q;;;;;-1;+4/p-3. The molecule has 0 spiro atoms. The molecule has 0 heterocycles. The van der Waals surface area contributed by atoms with Crippen LogP contribution < -0.4 is 31.8 Å². The van der Waals surface area contributed by atoms with Gasteiger partial charge >= 0.3 is 49.9 Å². The van der Waals surface area contributed by atoms with Crippen LogP contribution in [0, 0.1) is 4.91 Å². The molecule has 0 aliphatic rings. The minimum Gasteiger partial charge on any atom is -0.0622 e. The summed E-state index contributed by atoms with van der Waals surface area (Å²) in [7, 11) is 13.9. The zero-order chi connectivity index (χ0) is 31.0. The van der Waals surface area contributed by atoms with E-state index in [1.54, 1.807) is 0 Å². The third-order valence-corrected chi connectivity index (χ3v) is 12.3. The van der Waals surface area contributed by atoms with Crippen molar-refractivity contribution in [2.24, 2.45) is 3.92 Å². The summed E-state index contributed by atoms with van der Waals surface area (Å²) in [5.74, 6) is 0. The smallest absolute Gasteiger partial charge is 0.0134 e. The number of nitrogens with zero attached hydrogens (tertiary/aromatic N) is 1. The van der Waals surface area contributed by atoms with E-state index >= 15 is 0 Å². The van der Waals surface area contributed by atoms with Gasteiger partial charge in [0.05, 0.1) is 0 Å².